The number of hydrogen-bond donors (Lipinski definition) is 0. The van der Waals surface area contributed by atoms with Crippen molar-refractivity contribution in [3.63, 3.8) is 0 Å². The van der Waals surface area contributed by atoms with Gasteiger partial charge in [0.15, 0.2) is 0 Å². The van der Waals surface area contributed by atoms with Crippen LogP contribution in [0.5, 0.6) is 0 Å². The number of benzene rings is 2. The summed E-state index contributed by atoms with van der Waals surface area (Å²) in [5, 5.41) is 0. The zero-order valence-electron chi connectivity index (χ0n) is 11.6. The van der Waals surface area contributed by atoms with Crippen molar-refractivity contribution >= 4 is 12.0 Å². The Morgan fingerprint density at radius 1 is 1.05 bits per heavy atom. The summed E-state index contributed by atoms with van der Waals surface area (Å²) in [6.45, 7) is 2.02. The lowest BCUT2D eigenvalue weighted by Crippen LogP contribution is -2.23. The molecule has 0 aromatic heterocycles. The molecule has 102 valence electrons. The van der Waals surface area contributed by atoms with Gasteiger partial charge in [-0.3, -0.25) is 4.79 Å². The lowest BCUT2D eigenvalue weighted by Gasteiger charge is -2.25. The predicted octanol–water partition coefficient (Wildman–Crippen LogP) is 3.84. The summed E-state index contributed by atoms with van der Waals surface area (Å²) in [5.74, 6) is 0. The van der Waals surface area contributed by atoms with Gasteiger partial charge in [-0.2, -0.15) is 0 Å². The van der Waals surface area contributed by atoms with Gasteiger partial charge in [-0.15, -0.1) is 0 Å². The van der Waals surface area contributed by atoms with E-state index in [0.29, 0.717) is 0 Å². The molecule has 0 amide bonds. The van der Waals surface area contributed by atoms with Crippen LogP contribution in [0.4, 0.5) is 5.69 Å². The molecule has 0 unspecified atom stereocenters. The van der Waals surface area contributed by atoms with Crippen LogP contribution < -0.4 is 4.90 Å². The van der Waals surface area contributed by atoms with E-state index in [2.05, 4.69) is 41.3 Å². The third-order valence-electron chi connectivity index (χ3n) is 3.92. The molecular formula is C18H19NO. The fourth-order valence-electron chi connectivity index (χ4n) is 2.89. The van der Waals surface area contributed by atoms with Crippen molar-refractivity contribution in [3.05, 3.63) is 65.2 Å². The minimum absolute atomic E-state index is 0.783. The van der Waals surface area contributed by atoms with E-state index < -0.39 is 0 Å². The minimum Gasteiger partial charge on any atom is -0.367 e. The van der Waals surface area contributed by atoms with Gasteiger partial charge in [0.2, 0.25) is 0 Å². The summed E-state index contributed by atoms with van der Waals surface area (Å²) in [7, 11) is 0. The zero-order chi connectivity index (χ0) is 13.8. The Labute approximate surface area is 120 Å². The molecule has 0 radical (unpaired) electrons. The molecule has 3 rings (SSSR count). The average molecular weight is 265 g/mol. The van der Waals surface area contributed by atoms with Crippen LogP contribution in [0, 0.1) is 0 Å². The van der Waals surface area contributed by atoms with E-state index in [9.17, 15) is 4.79 Å². The van der Waals surface area contributed by atoms with Crippen LogP contribution in [0.15, 0.2) is 48.5 Å². The van der Waals surface area contributed by atoms with E-state index in [-0.39, 0.29) is 0 Å². The number of carbonyl (C=O) groups is 1. The Morgan fingerprint density at radius 2 is 1.90 bits per heavy atom. The summed E-state index contributed by atoms with van der Waals surface area (Å²) in [4.78, 5) is 13.4. The molecule has 0 atom stereocenters. The van der Waals surface area contributed by atoms with Gasteiger partial charge in [-0.05, 0) is 48.6 Å². The van der Waals surface area contributed by atoms with Gasteiger partial charge in [-0.1, -0.05) is 30.3 Å². The van der Waals surface area contributed by atoms with Crippen LogP contribution >= 0.6 is 0 Å². The predicted molar refractivity (Wildman–Crippen MR) is 82.3 cm³/mol. The maximum atomic E-state index is 10.9. The molecule has 0 saturated carbocycles. The van der Waals surface area contributed by atoms with Crippen LogP contribution in [0.1, 0.15) is 34.3 Å². The standard InChI is InChI=1S/C18H19NO/c20-14-16-9-10-18-17(12-16)8-4-5-11-19(18)13-15-6-2-1-3-7-15/h1-3,6-7,9-10,12,14H,4-5,8,11,13H2. The van der Waals surface area contributed by atoms with Crippen LogP contribution in [0.2, 0.25) is 0 Å². The first kappa shape index (κ1) is 12.9. The summed E-state index contributed by atoms with van der Waals surface area (Å²) in [6.07, 6.45) is 4.41. The van der Waals surface area contributed by atoms with Crippen molar-refractivity contribution in [2.24, 2.45) is 0 Å². The summed E-state index contributed by atoms with van der Waals surface area (Å²) < 4.78 is 0. The number of hydrogen-bond acceptors (Lipinski definition) is 2. The van der Waals surface area contributed by atoms with Gasteiger partial charge in [0.05, 0.1) is 0 Å². The summed E-state index contributed by atoms with van der Waals surface area (Å²) in [5.41, 5.74) is 4.71. The van der Waals surface area contributed by atoms with Gasteiger partial charge < -0.3 is 4.90 Å². The van der Waals surface area contributed by atoms with Crippen molar-refractivity contribution < 1.29 is 4.79 Å². The van der Waals surface area contributed by atoms with E-state index in [0.717, 1.165) is 31.4 Å². The Kier molecular flexibility index (Phi) is 3.82. The number of nitrogens with zero attached hydrogens (tertiary/aromatic N) is 1. The Morgan fingerprint density at radius 3 is 2.70 bits per heavy atom. The van der Waals surface area contributed by atoms with Crippen LogP contribution in [-0.4, -0.2) is 12.8 Å². The number of anilines is 1. The summed E-state index contributed by atoms with van der Waals surface area (Å²) in [6, 6.07) is 16.6. The lowest BCUT2D eigenvalue weighted by atomic mass is 10.0. The average Bonchev–Trinajstić information content (AvgIpc) is 2.70. The number of aldehydes is 1. The van der Waals surface area contributed by atoms with Crippen LogP contribution in [0.25, 0.3) is 0 Å². The zero-order valence-corrected chi connectivity index (χ0v) is 11.6. The van der Waals surface area contributed by atoms with E-state index in [1.165, 1.54) is 29.7 Å². The molecule has 0 saturated heterocycles. The molecule has 1 heterocycles. The molecule has 2 heteroatoms. The highest BCUT2D eigenvalue weighted by molar-refractivity contribution is 5.77. The molecule has 0 fully saturated rings. The third kappa shape index (κ3) is 2.74. The summed E-state index contributed by atoms with van der Waals surface area (Å²) >= 11 is 0. The van der Waals surface area contributed by atoms with Crippen molar-refractivity contribution in [3.8, 4) is 0 Å². The molecule has 0 spiro atoms. The molecule has 20 heavy (non-hydrogen) atoms. The quantitative estimate of drug-likeness (QED) is 0.786. The highest BCUT2D eigenvalue weighted by atomic mass is 16.1. The van der Waals surface area contributed by atoms with E-state index in [1.54, 1.807) is 0 Å². The first-order chi connectivity index (χ1) is 9.86. The van der Waals surface area contributed by atoms with Crippen LogP contribution in [-0.2, 0) is 13.0 Å². The fraction of sp³-hybridized carbons (Fsp3) is 0.278. The normalized spacial score (nSPS) is 14.5. The smallest absolute Gasteiger partial charge is 0.150 e. The number of carbonyl (C=O) groups excluding carboxylic acids is 1. The number of rotatable bonds is 3. The van der Waals surface area contributed by atoms with Crippen LogP contribution in [0.3, 0.4) is 0 Å². The highest BCUT2D eigenvalue weighted by Crippen LogP contribution is 2.28. The molecule has 0 aliphatic carbocycles. The Hall–Kier alpha value is -2.09. The number of fused-ring (bicyclic) bond motifs is 1. The van der Waals surface area contributed by atoms with Gasteiger partial charge in [0.1, 0.15) is 6.29 Å². The SMILES string of the molecule is O=Cc1ccc2c(c1)CCCCN2Cc1ccccc1. The van der Waals surface area contributed by atoms with Gasteiger partial charge in [0, 0.05) is 24.3 Å². The Bertz CT molecular complexity index is 592. The highest BCUT2D eigenvalue weighted by Gasteiger charge is 2.15. The third-order valence-corrected chi connectivity index (χ3v) is 3.92. The second-order valence-electron chi connectivity index (χ2n) is 5.37. The van der Waals surface area contributed by atoms with Gasteiger partial charge in [-0.25, -0.2) is 0 Å². The second-order valence-corrected chi connectivity index (χ2v) is 5.37. The molecular weight excluding hydrogens is 246 g/mol. The van der Waals surface area contributed by atoms with Crippen molar-refractivity contribution in [1.29, 1.82) is 0 Å². The topological polar surface area (TPSA) is 20.3 Å². The van der Waals surface area contributed by atoms with Crippen molar-refractivity contribution in [1.82, 2.24) is 0 Å². The Balaban J connectivity index is 1.91. The monoisotopic (exact) mass is 265 g/mol. The van der Waals surface area contributed by atoms with Crippen molar-refractivity contribution in [2.75, 3.05) is 11.4 Å². The fourth-order valence-corrected chi connectivity index (χ4v) is 2.89. The molecule has 0 bridgehead atoms. The van der Waals surface area contributed by atoms with E-state index >= 15 is 0 Å². The largest absolute Gasteiger partial charge is 0.367 e. The van der Waals surface area contributed by atoms with Gasteiger partial charge in [0.25, 0.3) is 0 Å². The molecule has 2 nitrogen and oxygen atoms in total. The molecule has 2 aromatic carbocycles. The maximum Gasteiger partial charge on any atom is 0.150 e. The van der Waals surface area contributed by atoms with Crippen molar-refractivity contribution in [2.45, 2.75) is 25.8 Å². The lowest BCUT2D eigenvalue weighted by molar-refractivity contribution is 0.112. The first-order valence-corrected chi connectivity index (χ1v) is 7.24. The molecule has 2 aromatic rings. The molecule has 0 N–H and O–H groups in total. The molecule has 1 aliphatic rings. The minimum atomic E-state index is 0.783. The van der Waals surface area contributed by atoms with Gasteiger partial charge >= 0.3 is 0 Å². The van der Waals surface area contributed by atoms with E-state index in [1.807, 2.05) is 12.1 Å². The first-order valence-electron chi connectivity index (χ1n) is 7.24. The second kappa shape index (κ2) is 5.91. The maximum absolute atomic E-state index is 10.9. The number of aryl methyl sites for hydroxylation is 1. The molecule has 1 aliphatic heterocycles. The van der Waals surface area contributed by atoms with E-state index in [4.69, 9.17) is 0 Å².